The van der Waals surface area contributed by atoms with Crippen molar-refractivity contribution in [1.29, 1.82) is 0 Å². The van der Waals surface area contributed by atoms with Gasteiger partial charge in [0, 0.05) is 13.0 Å². The van der Waals surface area contributed by atoms with E-state index in [4.69, 9.17) is 14.8 Å². The fourth-order valence-corrected chi connectivity index (χ4v) is 6.11. The molecule has 0 saturated heterocycles. The Kier molecular flexibility index (Phi) is 35.1. The molecule has 286 valence electrons. The van der Waals surface area contributed by atoms with E-state index < -0.39 is 20.0 Å². The number of aliphatic hydroxyl groups excluding tert-OH is 1. The van der Waals surface area contributed by atoms with Crippen LogP contribution < -0.4 is 11.1 Å². The SMILES string of the molecule is CCCCC/C=C\C/C=C\CCCCCCCCCCCC(=O)NC(COP(=O)(O)OCCN)C(O)/C=C/CC/C=C/CCCCCCC. The van der Waals surface area contributed by atoms with Crippen molar-refractivity contribution >= 4 is 13.7 Å². The summed E-state index contributed by atoms with van der Waals surface area (Å²) in [6.07, 6.45) is 43.0. The van der Waals surface area contributed by atoms with Crippen molar-refractivity contribution in [3.8, 4) is 0 Å². The normalized spacial score (nSPS) is 14.8. The summed E-state index contributed by atoms with van der Waals surface area (Å²) in [7, 11) is -4.34. The van der Waals surface area contributed by atoms with E-state index in [2.05, 4.69) is 55.6 Å². The van der Waals surface area contributed by atoms with Gasteiger partial charge in [0.2, 0.25) is 5.91 Å². The Balaban J connectivity index is 4.26. The monoisotopic (exact) mass is 711 g/mol. The number of carbonyl (C=O) groups excluding carboxylic acids is 1. The van der Waals surface area contributed by atoms with Gasteiger partial charge < -0.3 is 21.1 Å². The average molecular weight is 711 g/mol. The molecule has 0 aromatic carbocycles. The van der Waals surface area contributed by atoms with Crippen LogP contribution in [0.4, 0.5) is 0 Å². The van der Waals surface area contributed by atoms with Gasteiger partial charge in [-0.1, -0.05) is 146 Å². The van der Waals surface area contributed by atoms with Gasteiger partial charge in [-0.2, -0.15) is 0 Å². The fraction of sp³-hybridized carbons (Fsp3) is 0.775. The number of carbonyl (C=O) groups is 1. The minimum atomic E-state index is -4.34. The third-order valence-electron chi connectivity index (χ3n) is 8.38. The number of amides is 1. The van der Waals surface area contributed by atoms with Gasteiger partial charge in [-0.15, -0.1) is 0 Å². The van der Waals surface area contributed by atoms with Crippen LogP contribution >= 0.6 is 7.82 Å². The van der Waals surface area contributed by atoms with E-state index >= 15 is 0 Å². The van der Waals surface area contributed by atoms with Crippen LogP contribution in [0.15, 0.2) is 48.6 Å². The zero-order chi connectivity index (χ0) is 36.1. The predicted octanol–water partition coefficient (Wildman–Crippen LogP) is 10.6. The van der Waals surface area contributed by atoms with Crippen molar-refractivity contribution in [3.05, 3.63) is 48.6 Å². The molecule has 3 unspecified atom stereocenters. The lowest BCUT2D eigenvalue weighted by atomic mass is 10.1. The molecule has 0 aliphatic carbocycles. The molecule has 0 aliphatic heterocycles. The second kappa shape index (κ2) is 36.3. The van der Waals surface area contributed by atoms with Gasteiger partial charge in [0.15, 0.2) is 0 Å². The van der Waals surface area contributed by atoms with E-state index in [0.717, 1.165) is 44.9 Å². The summed E-state index contributed by atoms with van der Waals surface area (Å²) in [5.74, 6) is -0.212. The molecule has 0 bridgehead atoms. The molecule has 5 N–H and O–H groups in total. The lowest BCUT2D eigenvalue weighted by molar-refractivity contribution is -0.123. The summed E-state index contributed by atoms with van der Waals surface area (Å²) >= 11 is 0. The number of phosphoric ester groups is 1. The molecule has 3 atom stereocenters. The van der Waals surface area contributed by atoms with Gasteiger partial charge in [0.25, 0.3) is 0 Å². The molecule has 0 aromatic rings. The van der Waals surface area contributed by atoms with Crippen LogP contribution in [-0.4, -0.2) is 47.8 Å². The molecule has 0 aromatic heterocycles. The van der Waals surface area contributed by atoms with Crippen molar-refractivity contribution in [3.63, 3.8) is 0 Å². The van der Waals surface area contributed by atoms with Crippen LogP contribution in [0, 0.1) is 0 Å². The second-order valence-corrected chi connectivity index (χ2v) is 14.6. The molecule has 0 rings (SSSR count). The van der Waals surface area contributed by atoms with E-state index in [-0.39, 0.29) is 25.7 Å². The third-order valence-corrected chi connectivity index (χ3v) is 9.36. The van der Waals surface area contributed by atoms with Crippen LogP contribution in [0.5, 0.6) is 0 Å². The first-order chi connectivity index (χ1) is 23.9. The van der Waals surface area contributed by atoms with E-state index in [1.165, 1.54) is 103 Å². The Morgan fingerprint density at radius 1 is 0.673 bits per heavy atom. The minimum absolute atomic E-state index is 0.0717. The molecule has 0 spiro atoms. The molecule has 0 aliphatic rings. The lowest BCUT2D eigenvalue weighted by Gasteiger charge is -2.23. The molecule has 1 amide bonds. The molecule has 9 heteroatoms. The van der Waals surface area contributed by atoms with Gasteiger partial charge >= 0.3 is 7.82 Å². The Hall–Kier alpha value is -1.54. The fourth-order valence-electron chi connectivity index (χ4n) is 5.35. The number of phosphoric acid groups is 1. The van der Waals surface area contributed by atoms with Crippen LogP contribution in [0.3, 0.4) is 0 Å². The molecule has 8 nitrogen and oxygen atoms in total. The van der Waals surface area contributed by atoms with Crippen LogP contribution in [0.1, 0.15) is 168 Å². The number of nitrogens with two attached hydrogens (primary N) is 1. The van der Waals surface area contributed by atoms with Crippen LogP contribution in [0.2, 0.25) is 0 Å². The van der Waals surface area contributed by atoms with Gasteiger partial charge in [-0.25, -0.2) is 4.57 Å². The number of nitrogens with one attached hydrogen (secondary N) is 1. The molecule has 49 heavy (non-hydrogen) atoms. The number of allylic oxidation sites excluding steroid dienone is 7. The zero-order valence-electron chi connectivity index (χ0n) is 31.4. The van der Waals surface area contributed by atoms with E-state index in [0.29, 0.717) is 6.42 Å². The first kappa shape index (κ1) is 47.5. The zero-order valence-corrected chi connectivity index (χ0v) is 32.3. The molecule has 0 heterocycles. The number of aliphatic hydroxyl groups is 1. The third kappa shape index (κ3) is 34.7. The first-order valence-corrected chi connectivity index (χ1v) is 21.3. The Labute approximate surface area is 301 Å². The first-order valence-electron chi connectivity index (χ1n) is 19.8. The maximum atomic E-state index is 12.7. The molecular formula is C40H75N2O6P. The van der Waals surface area contributed by atoms with Gasteiger partial charge in [0.1, 0.15) is 0 Å². The summed E-state index contributed by atoms with van der Waals surface area (Å²) in [6.45, 7) is 4.04. The van der Waals surface area contributed by atoms with Crippen molar-refractivity contribution in [2.45, 2.75) is 180 Å². The van der Waals surface area contributed by atoms with Gasteiger partial charge in [-0.05, 0) is 64.2 Å². The van der Waals surface area contributed by atoms with E-state index in [1.807, 2.05) is 6.08 Å². The van der Waals surface area contributed by atoms with Crippen LogP contribution in [-0.2, 0) is 18.4 Å². The van der Waals surface area contributed by atoms with Crippen molar-refractivity contribution in [1.82, 2.24) is 5.32 Å². The second-order valence-electron chi connectivity index (χ2n) is 13.1. The highest BCUT2D eigenvalue weighted by Gasteiger charge is 2.26. The summed E-state index contributed by atoms with van der Waals surface area (Å²) < 4.78 is 22.0. The van der Waals surface area contributed by atoms with E-state index in [1.54, 1.807) is 6.08 Å². The van der Waals surface area contributed by atoms with E-state index in [9.17, 15) is 19.4 Å². The van der Waals surface area contributed by atoms with Gasteiger partial charge in [-0.3, -0.25) is 13.8 Å². The summed E-state index contributed by atoms with van der Waals surface area (Å²) in [5, 5.41) is 13.6. The van der Waals surface area contributed by atoms with Crippen LogP contribution in [0.25, 0.3) is 0 Å². The summed E-state index contributed by atoms with van der Waals surface area (Å²) in [5.41, 5.74) is 5.35. The summed E-state index contributed by atoms with van der Waals surface area (Å²) in [4.78, 5) is 22.6. The number of unbranched alkanes of at least 4 members (excludes halogenated alkanes) is 18. The molecule has 0 saturated carbocycles. The van der Waals surface area contributed by atoms with Crippen molar-refractivity contribution in [2.24, 2.45) is 5.73 Å². The predicted molar refractivity (Wildman–Crippen MR) is 207 cm³/mol. The lowest BCUT2D eigenvalue weighted by Crippen LogP contribution is -2.45. The quantitative estimate of drug-likeness (QED) is 0.0289. The maximum absolute atomic E-state index is 12.7. The largest absolute Gasteiger partial charge is 0.472 e. The highest BCUT2D eigenvalue weighted by Crippen LogP contribution is 2.43. The molecule has 0 radical (unpaired) electrons. The Bertz CT molecular complexity index is 907. The topological polar surface area (TPSA) is 131 Å². The number of hydrogen-bond acceptors (Lipinski definition) is 6. The number of rotatable bonds is 36. The Morgan fingerprint density at radius 3 is 1.73 bits per heavy atom. The smallest absolute Gasteiger partial charge is 0.387 e. The Morgan fingerprint density at radius 2 is 1.14 bits per heavy atom. The van der Waals surface area contributed by atoms with Gasteiger partial charge in [0.05, 0.1) is 25.4 Å². The highest BCUT2D eigenvalue weighted by atomic mass is 31.2. The average Bonchev–Trinajstić information content (AvgIpc) is 3.09. The number of hydrogen-bond donors (Lipinski definition) is 4. The maximum Gasteiger partial charge on any atom is 0.472 e. The molecule has 0 fully saturated rings. The highest BCUT2D eigenvalue weighted by molar-refractivity contribution is 7.47. The summed E-state index contributed by atoms with van der Waals surface area (Å²) in [6, 6.07) is -0.878. The minimum Gasteiger partial charge on any atom is -0.387 e. The van der Waals surface area contributed by atoms with Crippen molar-refractivity contribution < 1.29 is 28.4 Å². The molecular weight excluding hydrogens is 635 g/mol. The standard InChI is InChI=1S/C40H75N2O6P/c1-3-5-7-9-11-13-15-16-17-18-19-20-21-22-24-26-28-30-32-34-40(44)42-38(37-48-49(45,46)47-36-35-41)39(43)33-31-29-27-25-23-14-12-10-8-6-4-2/h11,13,16-17,23,25,31,33,38-39,43H,3-10,12,14-15,18-22,24,26-30,32,34-37,41H2,1-2H3,(H,42,44)(H,45,46)/b13-11-,17-16-,25-23+,33-31+. The van der Waals surface area contributed by atoms with Crippen molar-refractivity contribution in [2.75, 3.05) is 19.8 Å².